The molecule has 66 valence electrons. The normalized spacial score (nSPS) is 7.92. The first-order valence-corrected chi connectivity index (χ1v) is 4.01. The van der Waals surface area contributed by atoms with Gasteiger partial charge in [0.05, 0.1) is 0 Å². The van der Waals surface area contributed by atoms with E-state index in [4.69, 9.17) is 0 Å². The Kier molecular flexibility index (Phi) is 5.80. The molecule has 1 heteroatoms. The average molecular weight is 163 g/mol. The third-order valence-corrected chi connectivity index (χ3v) is 1.06. The minimum atomic E-state index is 1.16. The average Bonchev–Trinajstić information content (AvgIpc) is 2.05. The number of rotatable bonds is 1. The van der Waals surface area contributed by atoms with Gasteiger partial charge in [-0.3, -0.25) is 0 Å². The molecule has 0 bridgehead atoms. The van der Waals surface area contributed by atoms with Crippen LogP contribution in [0.15, 0.2) is 42.5 Å². The van der Waals surface area contributed by atoms with Crippen LogP contribution in [0.2, 0.25) is 0 Å². The second-order valence-corrected chi connectivity index (χ2v) is 2.82. The summed E-state index contributed by atoms with van der Waals surface area (Å²) in [5.74, 6) is 0. The predicted octanol–water partition coefficient (Wildman–Crippen LogP) is 3.31. The fraction of sp³-hybridized carbons (Fsp3) is 0.273. The van der Waals surface area contributed by atoms with E-state index >= 15 is 0 Å². The highest BCUT2D eigenvalue weighted by Gasteiger charge is 1.77. The Labute approximate surface area is 75.1 Å². The highest BCUT2D eigenvalue weighted by Crippen LogP contribution is 2.01. The first kappa shape index (κ1) is 10.8. The van der Waals surface area contributed by atoms with Crippen molar-refractivity contribution in [2.75, 3.05) is 12.4 Å². The number of hydrogen-bond acceptors (Lipinski definition) is 1. The first-order valence-electron chi connectivity index (χ1n) is 4.01. The van der Waals surface area contributed by atoms with Gasteiger partial charge >= 0.3 is 0 Å². The van der Waals surface area contributed by atoms with Crippen LogP contribution in [0.5, 0.6) is 0 Å². The summed E-state index contributed by atoms with van der Waals surface area (Å²) >= 11 is 0. The summed E-state index contributed by atoms with van der Waals surface area (Å²) in [6, 6.07) is 10.1. The third-order valence-electron chi connectivity index (χ3n) is 1.06. The lowest BCUT2D eigenvalue weighted by Crippen LogP contribution is -1.84. The molecular weight excluding hydrogens is 146 g/mol. The smallest absolute Gasteiger partial charge is 0.0337 e. The molecule has 0 amide bonds. The largest absolute Gasteiger partial charge is 0.388 e. The van der Waals surface area contributed by atoms with E-state index in [0.29, 0.717) is 0 Å². The van der Waals surface area contributed by atoms with Crippen molar-refractivity contribution in [1.82, 2.24) is 0 Å². The molecule has 0 aromatic heterocycles. The molecule has 0 aliphatic heterocycles. The molecule has 1 aromatic rings. The molecule has 1 nitrogen and oxygen atoms in total. The number of allylic oxidation sites excluding steroid dienone is 1. The van der Waals surface area contributed by atoms with Crippen molar-refractivity contribution in [3.8, 4) is 0 Å². The van der Waals surface area contributed by atoms with E-state index in [-0.39, 0.29) is 0 Å². The van der Waals surface area contributed by atoms with E-state index < -0.39 is 0 Å². The quantitative estimate of drug-likeness (QED) is 0.626. The van der Waals surface area contributed by atoms with Gasteiger partial charge in [0, 0.05) is 12.7 Å². The summed E-state index contributed by atoms with van der Waals surface area (Å²) in [5, 5.41) is 3.03. The molecule has 1 rings (SSSR count). The highest BCUT2D eigenvalue weighted by atomic mass is 14.8. The molecule has 0 saturated heterocycles. The van der Waals surface area contributed by atoms with E-state index in [1.165, 1.54) is 5.57 Å². The van der Waals surface area contributed by atoms with Gasteiger partial charge in [-0.05, 0) is 26.0 Å². The van der Waals surface area contributed by atoms with Crippen LogP contribution in [0.1, 0.15) is 13.8 Å². The summed E-state index contributed by atoms with van der Waals surface area (Å²) in [6.07, 6.45) is 0. The van der Waals surface area contributed by atoms with Crippen LogP contribution in [-0.2, 0) is 0 Å². The molecule has 0 heterocycles. The molecule has 0 unspecified atom stereocenters. The summed E-state index contributed by atoms with van der Waals surface area (Å²) in [6.45, 7) is 7.50. The molecule has 0 spiro atoms. The van der Waals surface area contributed by atoms with Gasteiger partial charge in [-0.15, -0.1) is 6.58 Å². The van der Waals surface area contributed by atoms with Crippen molar-refractivity contribution < 1.29 is 0 Å². The lowest BCUT2D eigenvalue weighted by Gasteiger charge is -1.94. The van der Waals surface area contributed by atoms with Crippen LogP contribution in [0.4, 0.5) is 5.69 Å². The molecule has 1 N–H and O–H groups in total. The van der Waals surface area contributed by atoms with Crippen LogP contribution in [0.25, 0.3) is 0 Å². The van der Waals surface area contributed by atoms with Crippen LogP contribution in [0, 0.1) is 0 Å². The van der Waals surface area contributed by atoms with Crippen LogP contribution >= 0.6 is 0 Å². The zero-order chi connectivity index (χ0) is 9.40. The van der Waals surface area contributed by atoms with Gasteiger partial charge in [-0.1, -0.05) is 23.8 Å². The van der Waals surface area contributed by atoms with Crippen molar-refractivity contribution in [3.63, 3.8) is 0 Å². The maximum atomic E-state index is 3.56. The molecule has 0 aliphatic carbocycles. The number of para-hydroxylation sites is 1. The number of anilines is 1. The van der Waals surface area contributed by atoms with Crippen LogP contribution in [0.3, 0.4) is 0 Å². The Morgan fingerprint density at radius 2 is 1.58 bits per heavy atom. The molecule has 0 saturated carbocycles. The third kappa shape index (κ3) is 6.87. The van der Waals surface area contributed by atoms with E-state index in [1.807, 2.05) is 51.2 Å². The summed E-state index contributed by atoms with van der Waals surface area (Å²) in [7, 11) is 1.91. The van der Waals surface area contributed by atoms with Gasteiger partial charge in [0.15, 0.2) is 0 Å². The first-order chi connectivity index (χ1) is 5.66. The van der Waals surface area contributed by atoms with Gasteiger partial charge in [0.2, 0.25) is 0 Å². The summed E-state index contributed by atoms with van der Waals surface area (Å²) < 4.78 is 0. The van der Waals surface area contributed by atoms with Crippen molar-refractivity contribution in [1.29, 1.82) is 0 Å². The summed E-state index contributed by atoms with van der Waals surface area (Å²) in [4.78, 5) is 0. The zero-order valence-corrected chi connectivity index (χ0v) is 8.09. The fourth-order valence-corrected chi connectivity index (χ4v) is 0.605. The number of nitrogens with one attached hydrogen (secondary N) is 1. The van der Waals surface area contributed by atoms with Gasteiger partial charge < -0.3 is 5.32 Å². The number of hydrogen-bond donors (Lipinski definition) is 1. The molecule has 0 aliphatic rings. The standard InChI is InChI=1S/C7H9N.C4H8/c1-8-7-5-3-2-4-6-7;1-4(2)3/h2-6,8H,1H3;1H2,2-3H3. The molecule has 0 radical (unpaired) electrons. The Bertz CT molecular complexity index is 210. The molecular formula is C11H17N. The van der Waals surface area contributed by atoms with Gasteiger partial charge in [0.25, 0.3) is 0 Å². The second-order valence-electron chi connectivity index (χ2n) is 2.82. The van der Waals surface area contributed by atoms with Crippen LogP contribution in [-0.4, -0.2) is 7.05 Å². The maximum Gasteiger partial charge on any atom is 0.0337 e. The van der Waals surface area contributed by atoms with E-state index in [0.717, 1.165) is 5.69 Å². The van der Waals surface area contributed by atoms with Crippen molar-refractivity contribution in [2.24, 2.45) is 0 Å². The minimum absolute atomic E-state index is 1.16. The monoisotopic (exact) mass is 163 g/mol. The zero-order valence-electron chi connectivity index (χ0n) is 8.09. The molecule has 12 heavy (non-hydrogen) atoms. The second kappa shape index (κ2) is 6.47. The predicted molar refractivity (Wildman–Crippen MR) is 56.5 cm³/mol. The molecule has 1 aromatic carbocycles. The summed E-state index contributed by atoms with van der Waals surface area (Å²) in [5.41, 5.74) is 2.33. The molecule has 0 fully saturated rings. The SMILES string of the molecule is C=C(C)C.CNc1ccccc1. The van der Waals surface area contributed by atoms with E-state index in [2.05, 4.69) is 11.9 Å². The van der Waals surface area contributed by atoms with Crippen molar-refractivity contribution in [2.45, 2.75) is 13.8 Å². The lowest BCUT2D eigenvalue weighted by atomic mass is 10.3. The highest BCUT2D eigenvalue weighted by molar-refractivity contribution is 5.41. The van der Waals surface area contributed by atoms with Crippen molar-refractivity contribution in [3.05, 3.63) is 42.5 Å². The fourth-order valence-electron chi connectivity index (χ4n) is 0.605. The Hall–Kier alpha value is -1.24. The van der Waals surface area contributed by atoms with E-state index in [9.17, 15) is 0 Å². The minimum Gasteiger partial charge on any atom is -0.388 e. The van der Waals surface area contributed by atoms with Gasteiger partial charge in [-0.2, -0.15) is 0 Å². The Balaban J connectivity index is 0.000000261. The lowest BCUT2D eigenvalue weighted by molar-refractivity contribution is 1.42. The topological polar surface area (TPSA) is 12.0 Å². The van der Waals surface area contributed by atoms with Crippen molar-refractivity contribution >= 4 is 5.69 Å². The maximum absolute atomic E-state index is 3.56. The Morgan fingerprint density at radius 3 is 1.83 bits per heavy atom. The van der Waals surface area contributed by atoms with E-state index in [1.54, 1.807) is 0 Å². The Morgan fingerprint density at radius 1 is 1.17 bits per heavy atom. The molecule has 0 atom stereocenters. The number of benzene rings is 1. The van der Waals surface area contributed by atoms with Gasteiger partial charge in [0.1, 0.15) is 0 Å². The van der Waals surface area contributed by atoms with Crippen LogP contribution < -0.4 is 5.32 Å². The van der Waals surface area contributed by atoms with Gasteiger partial charge in [-0.25, -0.2) is 0 Å².